The van der Waals surface area contributed by atoms with Crippen LogP contribution in [-0.4, -0.2) is 11.6 Å². The Morgan fingerprint density at radius 3 is 1.95 bits per heavy atom. The zero-order valence-corrected chi connectivity index (χ0v) is 24.2. The number of nitrogens with zero attached hydrogens (tertiary/aromatic N) is 1. The Labute approximate surface area is 229 Å². The SMILES string of the molecule is CCCCCCCCc1ccc(-c2ccc(OCCCC3CCCCC3CCCCCCC)cc2)nc1. The molecule has 0 aliphatic heterocycles. The third kappa shape index (κ3) is 11.6. The lowest BCUT2D eigenvalue weighted by atomic mass is 9.74. The number of benzene rings is 1. The first-order chi connectivity index (χ1) is 18.3. The number of aryl methyl sites for hydroxylation is 1. The molecular weight excluding hydrogens is 450 g/mol. The Morgan fingerprint density at radius 2 is 1.30 bits per heavy atom. The summed E-state index contributed by atoms with van der Waals surface area (Å²) in [6, 6.07) is 13.0. The highest BCUT2D eigenvalue weighted by atomic mass is 16.5. The topological polar surface area (TPSA) is 22.1 Å². The zero-order valence-electron chi connectivity index (χ0n) is 24.2. The van der Waals surface area contributed by atoms with Crippen LogP contribution in [0.3, 0.4) is 0 Å². The van der Waals surface area contributed by atoms with Gasteiger partial charge in [0.1, 0.15) is 5.75 Å². The van der Waals surface area contributed by atoms with Crippen LogP contribution in [0.4, 0.5) is 0 Å². The van der Waals surface area contributed by atoms with E-state index in [1.165, 1.54) is 127 Å². The minimum atomic E-state index is 0.838. The maximum Gasteiger partial charge on any atom is 0.119 e. The Balaban J connectivity index is 1.33. The van der Waals surface area contributed by atoms with Gasteiger partial charge in [0.25, 0.3) is 0 Å². The highest BCUT2D eigenvalue weighted by molar-refractivity contribution is 5.60. The van der Waals surface area contributed by atoms with Crippen LogP contribution in [0, 0.1) is 11.8 Å². The maximum absolute atomic E-state index is 6.13. The van der Waals surface area contributed by atoms with Gasteiger partial charge in [-0.15, -0.1) is 0 Å². The Morgan fingerprint density at radius 1 is 0.676 bits per heavy atom. The van der Waals surface area contributed by atoms with Crippen molar-refractivity contribution in [3.05, 3.63) is 48.2 Å². The lowest BCUT2D eigenvalue weighted by Crippen LogP contribution is -2.20. The molecule has 2 nitrogen and oxygen atoms in total. The summed E-state index contributed by atoms with van der Waals surface area (Å²) in [6.07, 6.45) is 28.1. The number of rotatable bonds is 19. The minimum Gasteiger partial charge on any atom is -0.494 e. The molecule has 1 aromatic carbocycles. The van der Waals surface area contributed by atoms with E-state index < -0.39 is 0 Å². The maximum atomic E-state index is 6.13. The predicted octanol–water partition coefficient (Wildman–Crippen LogP) is 11.0. The van der Waals surface area contributed by atoms with E-state index in [2.05, 4.69) is 56.4 Å². The quantitative estimate of drug-likeness (QED) is 0.177. The molecule has 2 heteroatoms. The molecule has 0 N–H and O–H groups in total. The Hall–Kier alpha value is -1.83. The number of ether oxygens (including phenoxy) is 1. The molecule has 3 rings (SSSR count). The van der Waals surface area contributed by atoms with E-state index in [0.29, 0.717) is 0 Å². The minimum absolute atomic E-state index is 0.838. The highest BCUT2D eigenvalue weighted by Gasteiger charge is 2.24. The van der Waals surface area contributed by atoms with Crippen molar-refractivity contribution >= 4 is 0 Å². The second-order valence-electron chi connectivity index (χ2n) is 11.6. The van der Waals surface area contributed by atoms with Gasteiger partial charge >= 0.3 is 0 Å². The summed E-state index contributed by atoms with van der Waals surface area (Å²) in [5.74, 6) is 2.89. The molecule has 1 saturated carbocycles. The summed E-state index contributed by atoms with van der Waals surface area (Å²) in [4.78, 5) is 4.74. The number of hydrogen-bond acceptors (Lipinski definition) is 2. The molecule has 2 unspecified atom stereocenters. The van der Waals surface area contributed by atoms with Crippen LogP contribution in [0.15, 0.2) is 42.6 Å². The van der Waals surface area contributed by atoms with Gasteiger partial charge in [-0.1, -0.05) is 116 Å². The van der Waals surface area contributed by atoms with Gasteiger partial charge in [0.2, 0.25) is 0 Å². The molecule has 37 heavy (non-hydrogen) atoms. The van der Waals surface area contributed by atoms with Gasteiger partial charge in [-0.25, -0.2) is 0 Å². The van der Waals surface area contributed by atoms with Gasteiger partial charge in [-0.05, 0) is 73.4 Å². The molecule has 1 heterocycles. The van der Waals surface area contributed by atoms with Crippen LogP contribution >= 0.6 is 0 Å². The van der Waals surface area contributed by atoms with Crippen molar-refractivity contribution in [2.45, 2.75) is 136 Å². The van der Waals surface area contributed by atoms with E-state index in [1.54, 1.807) is 0 Å². The number of hydrogen-bond donors (Lipinski definition) is 0. The molecule has 0 spiro atoms. The second kappa shape index (κ2) is 18.4. The van der Waals surface area contributed by atoms with Gasteiger partial charge in [-0.2, -0.15) is 0 Å². The zero-order chi connectivity index (χ0) is 26.0. The van der Waals surface area contributed by atoms with Crippen LogP contribution < -0.4 is 4.74 Å². The van der Waals surface area contributed by atoms with Gasteiger partial charge in [0.05, 0.1) is 12.3 Å². The number of unbranched alkanes of at least 4 members (excludes halogenated alkanes) is 9. The molecule has 2 atom stereocenters. The molecule has 0 radical (unpaired) electrons. The van der Waals surface area contributed by atoms with Gasteiger partial charge < -0.3 is 4.74 Å². The molecule has 1 aliphatic rings. The molecule has 206 valence electrons. The van der Waals surface area contributed by atoms with Crippen molar-refractivity contribution in [2.24, 2.45) is 11.8 Å². The summed E-state index contributed by atoms with van der Waals surface area (Å²) >= 11 is 0. The molecule has 0 saturated heterocycles. The average Bonchev–Trinajstić information content (AvgIpc) is 2.94. The molecule has 0 bridgehead atoms. The third-order valence-electron chi connectivity index (χ3n) is 8.53. The fraction of sp³-hybridized carbons (Fsp3) is 0.686. The van der Waals surface area contributed by atoms with E-state index in [1.807, 2.05) is 0 Å². The normalized spacial score (nSPS) is 17.7. The fourth-order valence-electron chi connectivity index (χ4n) is 6.16. The van der Waals surface area contributed by atoms with Crippen molar-refractivity contribution in [3.63, 3.8) is 0 Å². The van der Waals surface area contributed by atoms with Crippen molar-refractivity contribution in [1.29, 1.82) is 0 Å². The lowest BCUT2D eigenvalue weighted by Gasteiger charge is -2.31. The van der Waals surface area contributed by atoms with Gasteiger partial charge in [-0.3, -0.25) is 4.98 Å². The van der Waals surface area contributed by atoms with E-state index in [4.69, 9.17) is 9.72 Å². The van der Waals surface area contributed by atoms with Gasteiger partial charge in [0.15, 0.2) is 0 Å². The molecule has 0 amide bonds. The number of pyridine rings is 1. The van der Waals surface area contributed by atoms with Crippen LogP contribution in [0.2, 0.25) is 0 Å². The van der Waals surface area contributed by atoms with Crippen molar-refractivity contribution < 1.29 is 4.74 Å². The summed E-state index contributed by atoms with van der Waals surface area (Å²) in [5, 5.41) is 0. The first-order valence-electron chi connectivity index (χ1n) is 16.0. The van der Waals surface area contributed by atoms with E-state index in [0.717, 1.165) is 36.3 Å². The van der Waals surface area contributed by atoms with Gasteiger partial charge in [0, 0.05) is 11.8 Å². The molecule has 1 fully saturated rings. The lowest BCUT2D eigenvalue weighted by molar-refractivity contribution is 0.190. The third-order valence-corrected chi connectivity index (χ3v) is 8.53. The summed E-state index contributed by atoms with van der Waals surface area (Å²) in [5.41, 5.74) is 3.58. The Bertz CT molecular complexity index is 812. The Kier molecular flexibility index (Phi) is 14.8. The smallest absolute Gasteiger partial charge is 0.119 e. The summed E-state index contributed by atoms with van der Waals surface area (Å²) in [6.45, 7) is 5.42. The molecule has 1 aromatic heterocycles. The molecule has 1 aliphatic carbocycles. The van der Waals surface area contributed by atoms with Crippen molar-refractivity contribution in [2.75, 3.05) is 6.61 Å². The molecule has 2 aromatic rings. The predicted molar refractivity (Wildman–Crippen MR) is 160 cm³/mol. The van der Waals surface area contributed by atoms with Crippen molar-refractivity contribution in [3.8, 4) is 17.0 Å². The summed E-state index contributed by atoms with van der Waals surface area (Å²) in [7, 11) is 0. The first-order valence-corrected chi connectivity index (χ1v) is 16.0. The van der Waals surface area contributed by atoms with Crippen LogP contribution in [-0.2, 0) is 6.42 Å². The highest BCUT2D eigenvalue weighted by Crippen LogP contribution is 2.36. The van der Waals surface area contributed by atoms with E-state index >= 15 is 0 Å². The second-order valence-corrected chi connectivity index (χ2v) is 11.6. The average molecular weight is 506 g/mol. The van der Waals surface area contributed by atoms with Crippen LogP contribution in [0.25, 0.3) is 11.3 Å². The van der Waals surface area contributed by atoms with E-state index in [-0.39, 0.29) is 0 Å². The van der Waals surface area contributed by atoms with Crippen LogP contribution in [0.5, 0.6) is 5.75 Å². The summed E-state index contributed by atoms with van der Waals surface area (Å²) < 4.78 is 6.13. The standard InChI is InChI=1S/C35H55NO/c1-3-5-7-9-11-12-17-30-22-27-35(36-29-30)33-23-25-34(26-24-33)37-28-16-21-32-20-15-14-19-31(32)18-13-10-8-6-4-2/h22-27,29,31-32H,3-21,28H2,1-2H3. The van der Waals surface area contributed by atoms with E-state index in [9.17, 15) is 0 Å². The fourth-order valence-corrected chi connectivity index (χ4v) is 6.16. The first kappa shape index (κ1) is 29.7. The largest absolute Gasteiger partial charge is 0.494 e. The van der Waals surface area contributed by atoms with Crippen LogP contribution in [0.1, 0.15) is 135 Å². The number of aromatic nitrogens is 1. The monoisotopic (exact) mass is 505 g/mol. The van der Waals surface area contributed by atoms with Crippen molar-refractivity contribution in [1.82, 2.24) is 4.98 Å². The molecular formula is C35H55NO.